The first-order valence-corrected chi connectivity index (χ1v) is 5.90. The number of rotatable bonds is 5. The Morgan fingerprint density at radius 1 is 1.19 bits per heavy atom. The second kappa shape index (κ2) is 6.48. The van der Waals surface area contributed by atoms with Gasteiger partial charge in [-0.25, -0.2) is 0 Å². The molecular weight excluding hydrogens is 206 g/mol. The van der Waals surface area contributed by atoms with Gasteiger partial charge >= 0.3 is 0 Å². The number of carbonyl (C=O) groups excluding carboxylic acids is 2. The van der Waals surface area contributed by atoms with Crippen LogP contribution in [0.2, 0.25) is 0 Å². The van der Waals surface area contributed by atoms with Gasteiger partial charge in [-0.2, -0.15) is 0 Å². The summed E-state index contributed by atoms with van der Waals surface area (Å²) >= 11 is 0. The molecule has 1 fully saturated rings. The number of hydrogen-bond acceptors (Lipinski definition) is 3. The highest BCUT2D eigenvalue weighted by atomic mass is 16.2. The van der Waals surface area contributed by atoms with Crippen LogP contribution in [0.4, 0.5) is 0 Å². The molecule has 0 atom stereocenters. The van der Waals surface area contributed by atoms with Crippen molar-refractivity contribution >= 4 is 12.3 Å². The predicted molar refractivity (Wildman–Crippen MR) is 62.0 cm³/mol. The maximum Gasteiger partial charge on any atom is 0.236 e. The molecule has 0 saturated carbocycles. The number of likely N-dealkylation sites (N-methyl/N-ethyl adjacent to an activating group) is 1. The van der Waals surface area contributed by atoms with E-state index in [1.807, 2.05) is 18.7 Å². The van der Waals surface area contributed by atoms with Crippen LogP contribution in [0.15, 0.2) is 0 Å². The van der Waals surface area contributed by atoms with Crippen molar-refractivity contribution in [3.63, 3.8) is 0 Å². The molecule has 0 aliphatic carbocycles. The molecule has 0 N–H and O–H groups in total. The molecule has 92 valence electrons. The second-order valence-corrected chi connectivity index (χ2v) is 3.98. The van der Waals surface area contributed by atoms with Crippen molar-refractivity contribution in [1.29, 1.82) is 0 Å². The Balaban J connectivity index is 2.33. The van der Waals surface area contributed by atoms with Crippen molar-refractivity contribution in [2.45, 2.75) is 13.8 Å². The molecule has 2 amide bonds. The predicted octanol–water partition coefficient (Wildman–Crippen LogP) is -0.371. The zero-order valence-corrected chi connectivity index (χ0v) is 10.2. The summed E-state index contributed by atoms with van der Waals surface area (Å²) in [4.78, 5) is 28.0. The molecule has 5 nitrogen and oxygen atoms in total. The summed E-state index contributed by atoms with van der Waals surface area (Å²) in [7, 11) is 0. The van der Waals surface area contributed by atoms with Crippen molar-refractivity contribution in [3.05, 3.63) is 0 Å². The number of piperazine rings is 1. The van der Waals surface area contributed by atoms with Crippen molar-refractivity contribution in [3.8, 4) is 0 Å². The molecular formula is C11H21N3O2. The maximum atomic E-state index is 11.8. The third-order valence-electron chi connectivity index (χ3n) is 3.03. The van der Waals surface area contributed by atoms with Crippen molar-refractivity contribution in [2.75, 3.05) is 45.8 Å². The first-order valence-electron chi connectivity index (χ1n) is 5.90. The zero-order chi connectivity index (χ0) is 12.0. The monoisotopic (exact) mass is 227 g/mol. The summed E-state index contributed by atoms with van der Waals surface area (Å²) in [6.45, 7) is 9.06. The Morgan fingerprint density at radius 3 is 2.19 bits per heavy atom. The van der Waals surface area contributed by atoms with Gasteiger partial charge in [-0.15, -0.1) is 0 Å². The van der Waals surface area contributed by atoms with E-state index in [0.717, 1.165) is 45.7 Å². The molecule has 1 aliphatic rings. The van der Waals surface area contributed by atoms with Gasteiger partial charge in [0, 0.05) is 39.3 Å². The molecule has 0 unspecified atom stereocenters. The lowest BCUT2D eigenvalue weighted by Crippen LogP contribution is -2.49. The van der Waals surface area contributed by atoms with E-state index in [9.17, 15) is 9.59 Å². The van der Waals surface area contributed by atoms with Gasteiger partial charge in [0.1, 0.15) is 0 Å². The largest absolute Gasteiger partial charge is 0.343 e. The van der Waals surface area contributed by atoms with Crippen molar-refractivity contribution in [2.24, 2.45) is 0 Å². The molecule has 1 heterocycles. The Kier molecular flexibility index (Phi) is 5.25. The molecule has 0 aromatic carbocycles. The van der Waals surface area contributed by atoms with Crippen LogP contribution >= 0.6 is 0 Å². The van der Waals surface area contributed by atoms with Gasteiger partial charge in [0.05, 0.1) is 6.54 Å². The SMILES string of the molecule is CCN(CC)C(=O)CN1CCN(C=O)CC1. The van der Waals surface area contributed by atoms with Gasteiger partial charge in [-0.3, -0.25) is 14.5 Å². The molecule has 0 bridgehead atoms. The summed E-state index contributed by atoms with van der Waals surface area (Å²) in [5.41, 5.74) is 0. The highest BCUT2D eigenvalue weighted by molar-refractivity contribution is 5.78. The highest BCUT2D eigenvalue weighted by Gasteiger charge is 2.19. The topological polar surface area (TPSA) is 43.9 Å². The first kappa shape index (κ1) is 13.0. The summed E-state index contributed by atoms with van der Waals surface area (Å²) in [5, 5.41) is 0. The molecule has 0 aromatic heterocycles. The van der Waals surface area contributed by atoms with Gasteiger partial charge in [-0.1, -0.05) is 0 Å². The number of nitrogens with zero attached hydrogens (tertiary/aromatic N) is 3. The average molecular weight is 227 g/mol. The quantitative estimate of drug-likeness (QED) is 0.602. The summed E-state index contributed by atoms with van der Waals surface area (Å²) in [6.07, 6.45) is 0.879. The molecule has 16 heavy (non-hydrogen) atoms. The molecule has 0 aromatic rings. The standard InChI is InChI=1S/C11H21N3O2/c1-3-14(4-2)11(16)9-12-5-7-13(10-15)8-6-12/h10H,3-9H2,1-2H3. The minimum absolute atomic E-state index is 0.185. The van der Waals surface area contributed by atoms with Gasteiger partial charge in [-0.05, 0) is 13.8 Å². The lowest BCUT2D eigenvalue weighted by molar-refractivity contribution is -0.132. The summed E-state index contributed by atoms with van der Waals surface area (Å²) < 4.78 is 0. The third-order valence-corrected chi connectivity index (χ3v) is 3.03. The minimum atomic E-state index is 0.185. The van der Waals surface area contributed by atoms with Crippen LogP contribution in [-0.2, 0) is 9.59 Å². The fourth-order valence-electron chi connectivity index (χ4n) is 1.89. The lowest BCUT2D eigenvalue weighted by atomic mass is 10.3. The Morgan fingerprint density at radius 2 is 1.75 bits per heavy atom. The normalized spacial score (nSPS) is 17.2. The van der Waals surface area contributed by atoms with Crippen LogP contribution < -0.4 is 0 Å². The van der Waals surface area contributed by atoms with Crippen LogP contribution in [0.5, 0.6) is 0 Å². The first-order chi connectivity index (χ1) is 7.71. The van der Waals surface area contributed by atoms with E-state index in [4.69, 9.17) is 0 Å². The molecule has 5 heteroatoms. The average Bonchev–Trinajstić information content (AvgIpc) is 2.31. The molecule has 1 rings (SSSR count). The van der Waals surface area contributed by atoms with E-state index in [2.05, 4.69) is 4.90 Å². The Labute approximate surface area is 97.0 Å². The van der Waals surface area contributed by atoms with E-state index in [-0.39, 0.29) is 5.91 Å². The van der Waals surface area contributed by atoms with Crippen LogP contribution in [0, 0.1) is 0 Å². The highest BCUT2D eigenvalue weighted by Crippen LogP contribution is 2.00. The smallest absolute Gasteiger partial charge is 0.236 e. The van der Waals surface area contributed by atoms with Crippen LogP contribution in [0.1, 0.15) is 13.8 Å². The summed E-state index contributed by atoms with van der Waals surface area (Å²) in [5.74, 6) is 0.185. The molecule has 0 radical (unpaired) electrons. The lowest BCUT2D eigenvalue weighted by Gasteiger charge is -2.33. The van der Waals surface area contributed by atoms with Gasteiger partial charge in [0.2, 0.25) is 12.3 Å². The van der Waals surface area contributed by atoms with E-state index in [1.54, 1.807) is 4.90 Å². The van der Waals surface area contributed by atoms with E-state index in [0.29, 0.717) is 6.54 Å². The van der Waals surface area contributed by atoms with Gasteiger partial charge in [0.25, 0.3) is 0 Å². The Hall–Kier alpha value is -1.10. The maximum absolute atomic E-state index is 11.8. The van der Waals surface area contributed by atoms with Crippen LogP contribution in [0.3, 0.4) is 0 Å². The zero-order valence-electron chi connectivity index (χ0n) is 10.2. The second-order valence-electron chi connectivity index (χ2n) is 3.98. The van der Waals surface area contributed by atoms with Crippen LogP contribution in [-0.4, -0.2) is 72.8 Å². The van der Waals surface area contributed by atoms with Crippen molar-refractivity contribution < 1.29 is 9.59 Å². The van der Waals surface area contributed by atoms with Crippen LogP contribution in [0.25, 0.3) is 0 Å². The number of carbonyl (C=O) groups is 2. The molecule has 1 saturated heterocycles. The van der Waals surface area contributed by atoms with Crippen molar-refractivity contribution in [1.82, 2.24) is 14.7 Å². The molecule has 0 spiro atoms. The number of hydrogen-bond donors (Lipinski definition) is 0. The Bertz CT molecular complexity index is 233. The fourth-order valence-corrected chi connectivity index (χ4v) is 1.89. The minimum Gasteiger partial charge on any atom is -0.343 e. The number of amides is 2. The third kappa shape index (κ3) is 3.48. The summed E-state index contributed by atoms with van der Waals surface area (Å²) in [6, 6.07) is 0. The van der Waals surface area contributed by atoms with E-state index >= 15 is 0 Å². The van der Waals surface area contributed by atoms with E-state index in [1.165, 1.54) is 0 Å². The van der Waals surface area contributed by atoms with E-state index < -0.39 is 0 Å². The fraction of sp³-hybridized carbons (Fsp3) is 0.818. The van der Waals surface area contributed by atoms with Gasteiger partial charge < -0.3 is 9.80 Å². The van der Waals surface area contributed by atoms with Gasteiger partial charge in [0.15, 0.2) is 0 Å². The molecule has 1 aliphatic heterocycles.